The van der Waals surface area contributed by atoms with Crippen LogP contribution in [0.3, 0.4) is 0 Å². The molecule has 104 valence electrons. The molecule has 0 amide bonds. The average Bonchev–Trinajstić information content (AvgIpc) is 2.71. The molecule has 1 aromatic heterocycles. The predicted molar refractivity (Wildman–Crippen MR) is 71.0 cm³/mol. The fraction of sp³-hybridized carbons (Fsp3) is 0.727. The fourth-order valence-electron chi connectivity index (χ4n) is 1.60. The van der Waals surface area contributed by atoms with E-state index in [4.69, 9.17) is 0 Å². The number of sulfonamides is 1. The predicted octanol–water partition coefficient (Wildman–Crippen LogP) is 0.489. The lowest BCUT2D eigenvalue weighted by Crippen LogP contribution is -2.27. The molecule has 0 bridgehead atoms. The number of hydrogen-bond donors (Lipinski definition) is 2. The summed E-state index contributed by atoms with van der Waals surface area (Å²) < 4.78 is 28.2. The van der Waals surface area contributed by atoms with E-state index in [1.165, 1.54) is 0 Å². The Bertz CT molecular complexity index is 467. The van der Waals surface area contributed by atoms with Crippen molar-refractivity contribution in [3.8, 4) is 0 Å². The maximum absolute atomic E-state index is 11.9. The minimum Gasteiger partial charge on any atom is -0.334 e. The molecule has 0 aromatic carbocycles. The molecule has 0 aliphatic heterocycles. The van der Waals surface area contributed by atoms with Crippen molar-refractivity contribution in [3.05, 3.63) is 12.0 Å². The Morgan fingerprint density at radius 2 is 2.06 bits per heavy atom. The molecule has 1 aromatic rings. The lowest BCUT2D eigenvalue weighted by Gasteiger charge is -2.04. The molecule has 0 aliphatic carbocycles. The monoisotopic (exact) mass is 274 g/mol. The first-order valence-electron chi connectivity index (χ1n) is 6.25. The molecule has 0 spiro atoms. The van der Waals surface area contributed by atoms with Crippen LogP contribution in [0.1, 0.15) is 26.1 Å². The maximum Gasteiger partial charge on any atom is 0.259 e. The van der Waals surface area contributed by atoms with Gasteiger partial charge in [-0.1, -0.05) is 6.92 Å². The molecule has 1 rings (SSSR count). The molecule has 1 heterocycles. The van der Waals surface area contributed by atoms with Crippen molar-refractivity contribution in [1.29, 1.82) is 0 Å². The molecule has 0 aliphatic rings. The van der Waals surface area contributed by atoms with Crippen LogP contribution in [0.2, 0.25) is 0 Å². The minimum atomic E-state index is -3.47. The molecule has 2 N–H and O–H groups in total. The topological polar surface area (TPSA) is 76.0 Å². The number of rotatable bonds is 8. The molecule has 0 unspecified atom stereocenters. The van der Waals surface area contributed by atoms with Crippen molar-refractivity contribution >= 4 is 10.0 Å². The SMILES string of the molecule is CCNCCCNS(=O)(=O)c1cn(CC)c(C)n1. The highest BCUT2D eigenvalue weighted by atomic mass is 32.2. The summed E-state index contributed by atoms with van der Waals surface area (Å²) in [7, 11) is -3.47. The molecule has 6 nitrogen and oxygen atoms in total. The Morgan fingerprint density at radius 1 is 1.33 bits per heavy atom. The second-order valence-corrected chi connectivity index (χ2v) is 5.73. The van der Waals surface area contributed by atoms with Crippen LogP contribution in [0.5, 0.6) is 0 Å². The van der Waals surface area contributed by atoms with Crippen LogP contribution in [0.15, 0.2) is 11.2 Å². The molecule has 0 fully saturated rings. The number of nitrogens with zero attached hydrogens (tertiary/aromatic N) is 2. The third-order valence-corrected chi connectivity index (χ3v) is 3.97. The summed E-state index contributed by atoms with van der Waals surface area (Å²) in [6.07, 6.45) is 2.34. The molecular formula is C11H22N4O2S. The smallest absolute Gasteiger partial charge is 0.259 e. The summed E-state index contributed by atoms with van der Waals surface area (Å²) in [4.78, 5) is 4.07. The zero-order chi connectivity index (χ0) is 13.6. The normalized spacial score (nSPS) is 11.9. The van der Waals surface area contributed by atoms with Crippen molar-refractivity contribution < 1.29 is 8.42 Å². The van der Waals surface area contributed by atoms with Crippen LogP contribution in [0.25, 0.3) is 0 Å². The molecule has 0 saturated carbocycles. The van der Waals surface area contributed by atoms with E-state index in [0.29, 0.717) is 12.4 Å². The highest BCUT2D eigenvalue weighted by Crippen LogP contribution is 2.08. The van der Waals surface area contributed by atoms with Gasteiger partial charge < -0.3 is 9.88 Å². The quantitative estimate of drug-likeness (QED) is 0.676. The molecule has 0 atom stereocenters. The first-order chi connectivity index (χ1) is 8.51. The van der Waals surface area contributed by atoms with Gasteiger partial charge in [-0.15, -0.1) is 0 Å². The average molecular weight is 274 g/mol. The highest BCUT2D eigenvalue weighted by molar-refractivity contribution is 7.89. The Kier molecular flexibility index (Phi) is 5.77. The maximum atomic E-state index is 11.9. The summed E-state index contributed by atoms with van der Waals surface area (Å²) >= 11 is 0. The van der Waals surface area contributed by atoms with Gasteiger partial charge in [-0.3, -0.25) is 0 Å². The van der Waals surface area contributed by atoms with Gasteiger partial charge in [0.2, 0.25) is 0 Å². The van der Waals surface area contributed by atoms with Crippen LogP contribution >= 0.6 is 0 Å². The van der Waals surface area contributed by atoms with Gasteiger partial charge in [0.1, 0.15) is 5.82 Å². The number of nitrogens with one attached hydrogen (secondary N) is 2. The second kappa shape index (κ2) is 6.86. The van der Waals surface area contributed by atoms with E-state index in [9.17, 15) is 8.42 Å². The molecule has 7 heteroatoms. The minimum absolute atomic E-state index is 0.102. The van der Waals surface area contributed by atoms with Gasteiger partial charge in [0, 0.05) is 19.3 Å². The van der Waals surface area contributed by atoms with Crippen molar-refractivity contribution in [2.24, 2.45) is 0 Å². The molecule has 0 radical (unpaired) electrons. The van der Waals surface area contributed by atoms with Gasteiger partial charge in [0.25, 0.3) is 10.0 Å². The van der Waals surface area contributed by atoms with Crippen molar-refractivity contribution in [2.75, 3.05) is 19.6 Å². The zero-order valence-electron chi connectivity index (χ0n) is 11.2. The number of imidazole rings is 1. The third kappa shape index (κ3) is 4.08. The Balaban J connectivity index is 2.57. The summed E-state index contributed by atoms with van der Waals surface area (Å²) in [5.41, 5.74) is 0. The molecular weight excluding hydrogens is 252 g/mol. The van der Waals surface area contributed by atoms with Gasteiger partial charge in [-0.05, 0) is 33.4 Å². The van der Waals surface area contributed by atoms with E-state index in [1.54, 1.807) is 13.1 Å². The highest BCUT2D eigenvalue weighted by Gasteiger charge is 2.17. The van der Waals surface area contributed by atoms with E-state index in [2.05, 4.69) is 15.0 Å². The fourth-order valence-corrected chi connectivity index (χ4v) is 2.68. The first kappa shape index (κ1) is 15.1. The van der Waals surface area contributed by atoms with Crippen molar-refractivity contribution in [1.82, 2.24) is 19.6 Å². The van der Waals surface area contributed by atoms with Gasteiger partial charge in [-0.25, -0.2) is 18.1 Å². The second-order valence-electron chi connectivity index (χ2n) is 4.02. The Hall–Kier alpha value is -0.920. The lowest BCUT2D eigenvalue weighted by molar-refractivity contribution is 0.572. The van der Waals surface area contributed by atoms with Gasteiger partial charge in [0.05, 0.1) is 0 Å². The number of aryl methyl sites for hydroxylation is 2. The summed E-state index contributed by atoms with van der Waals surface area (Å²) in [6, 6.07) is 0. The Morgan fingerprint density at radius 3 is 2.61 bits per heavy atom. The number of hydrogen-bond acceptors (Lipinski definition) is 4. The van der Waals surface area contributed by atoms with E-state index in [1.807, 2.05) is 18.4 Å². The van der Waals surface area contributed by atoms with Crippen LogP contribution in [0, 0.1) is 6.92 Å². The van der Waals surface area contributed by atoms with Gasteiger partial charge in [0.15, 0.2) is 5.03 Å². The summed E-state index contributed by atoms with van der Waals surface area (Å²) in [5, 5.41) is 3.24. The standard InChI is InChI=1S/C11H22N4O2S/c1-4-12-7-6-8-13-18(16,17)11-9-15(5-2)10(3)14-11/h9,12-13H,4-8H2,1-3H3. The van der Waals surface area contributed by atoms with E-state index >= 15 is 0 Å². The first-order valence-corrected chi connectivity index (χ1v) is 7.73. The van der Waals surface area contributed by atoms with E-state index in [0.717, 1.165) is 26.1 Å². The van der Waals surface area contributed by atoms with Crippen LogP contribution in [-0.4, -0.2) is 37.6 Å². The zero-order valence-corrected chi connectivity index (χ0v) is 12.0. The van der Waals surface area contributed by atoms with E-state index < -0.39 is 10.0 Å². The van der Waals surface area contributed by atoms with Crippen LogP contribution in [-0.2, 0) is 16.6 Å². The van der Waals surface area contributed by atoms with Gasteiger partial charge >= 0.3 is 0 Å². The van der Waals surface area contributed by atoms with Crippen molar-refractivity contribution in [3.63, 3.8) is 0 Å². The van der Waals surface area contributed by atoms with Crippen molar-refractivity contribution in [2.45, 2.75) is 38.8 Å². The van der Waals surface area contributed by atoms with Crippen LogP contribution in [0.4, 0.5) is 0 Å². The van der Waals surface area contributed by atoms with E-state index in [-0.39, 0.29) is 5.03 Å². The lowest BCUT2D eigenvalue weighted by atomic mass is 10.4. The molecule has 0 saturated heterocycles. The largest absolute Gasteiger partial charge is 0.334 e. The Labute approximate surface area is 109 Å². The summed E-state index contributed by atoms with van der Waals surface area (Å²) in [5.74, 6) is 0.713. The number of aromatic nitrogens is 2. The summed E-state index contributed by atoms with van der Waals surface area (Å²) in [6.45, 7) is 8.61. The van der Waals surface area contributed by atoms with Crippen LogP contribution < -0.4 is 10.0 Å². The molecule has 18 heavy (non-hydrogen) atoms. The third-order valence-electron chi connectivity index (χ3n) is 2.64. The van der Waals surface area contributed by atoms with Gasteiger partial charge in [-0.2, -0.15) is 0 Å².